The average molecular weight is 357 g/mol. The van der Waals surface area contributed by atoms with Gasteiger partial charge in [-0.2, -0.15) is 0 Å². The number of rotatable bonds is 4. The molecule has 5 heteroatoms. The van der Waals surface area contributed by atoms with Gasteiger partial charge in [-0.1, -0.05) is 36.4 Å². The number of carbonyl (C=O) groups is 1. The third kappa shape index (κ3) is 3.15. The van der Waals surface area contributed by atoms with Crippen LogP contribution in [0, 0.1) is 6.92 Å². The van der Waals surface area contributed by atoms with E-state index in [0.717, 1.165) is 22.5 Å². The Balaban J connectivity index is 1.73. The minimum Gasteiger partial charge on any atom is -0.496 e. The summed E-state index contributed by atoms with van der Waals surface area (Å²) in [5, 5.41) is 2.99. The van der Waals surface area contributed by atoms with Crippen molar-refractivity contribution in [3.8, 4) is 17.0 Å². The third-order valence-corrected chi connectivity index (χ3v) is 4.48. The third-order valence-electron chi connectivity index (χ3n) is 4.48. The van der Waals surface area contributed by atoms with E-state index in [9.17, 15) is 4.79 Å². The fourth-order valence-electron chi connectivity index (χ4n) is 3.12. The highest BCUT2D eigenvalue weighted by Crippen LogP contribution is 2.29. The first-order chi connectivity index (χ1) is 13.2. The molecule has 2 aromatic carbocycles. The summed E-state index contributed by atoms with van der Waals surface area (Å²) in [4.78, 5) is 17.5. The smallest absolute Gasteiger partial charge is 0.259 e. The minimum absolute atomic E-state index is 0.222. The van der Waals surface area contributed by atoms with Crippen LogP contribution < -0.4 is 10.1 Å². The summed E-state index contributed by atoms with van der Waals surface area (Å²) >= 11 is 0. The number of methoxy groups -OCH3 is 1. The van der Waals surface area contributed by atoms with Crippen LogP contribution in [-0.2, 0) is 0 Å². The lowest BCUT2D eigenvalue weighted by molar-refractivity contribution is 0.102. The zero-order valence-corrected chi connectivity index (χ0v) is 15.1. The van der Waals surface area contributed by atoms with Crippen molar-refractivity contribution < 1.29 is 9.53 Å². The molecule has 0 fully saturated rings. The van der Waals surface area contributed by atoms with Gasteiger partial charge < -0.3 is 14.5 Å². The predicted octanol–water partition coefficient (Wildman–Crippen LogP) is 4.57. The van der Waals surface area contributed by atoms with Gasteiger partial charge in [0.05, 0.1) is 24.1 Å². The quantitative estimate of drug-likeness (QED) is 0.582. The first-order valence-electron chi connectivity index (χ1n) is 8.65. The number of anilines is 1. The number of aromatic nitrogens is 2. The molecular formula is C22H19N3O2. The number of aryl methyl sites for hydroxylation is 1. The van der Waals surface area contributed by atoms with Gasteiger partial charge in [0.2, 0.25) is 0 Å². The monoisotopic (exact) mass is 357 g/mol. The molecule has 0 unspecified atom stereocenters. The first-order valence-corrected chi connectivity index (χ1v) is 8.65. The van der Waals surface area contributed by atoms with Crippen molar-refractivity contribution in [3.05, 3.63) is 84.2 Å². The van der Waals surface area contributed by atoms with Gasteiger partial charge in [-0.15, -0.1) is 0 Å². The number of benzene rings is 2. The fraction of sp³-hybridized carbons (Fsp3) is 0.0909. The van der Waals surface area contributed by atoms with Gasteiger partial charge >= 0.3 is 0 Å². The maximum atomic E-state index is 12.8. The largest absolute Gasteiger partial charge is 0.496 e. The maximum absolute atomic E-state index is 12.8. The minimum atomic E-state index is -0.222. The number of ether oxygens (including phenoxy) is 1. The highest BCUT2D eigenvalue weighted by atomic mass is 16.5. The Morgan fingerprint density at radius 3 is 2.63 bits per heavy atom. The number of nitrogens with one attached hydrogen (secondary N) is 1. The SMILES string of the molecule is COc1ccccc1C(=O)Nc1ccccc1-c1cn2cccc(C)c2n1. The maximum Gasteiger partial charge on any atom is 0.259 e. The molecule has 4 rings (SSSR count). The van der Waals surface area contributed by atoms with E-state index in [-0.39, 0.29) is 5.91 Å². The number of para-hydroxylation sites is 2. The van der Waals surface area contributed by atoms with Crippen LogP contribution in [0.15, 0.2) is 73.1 Å². The lowest BCUT2D eigenvalue weighted by Gasteiger charge is -2.11. The second-order valence-electron chi connectivity index (χ2n) is 6.25. The van der Waals surface area contributed by atoms with Crippen molar-refractivity contribution in [2.24, 2.45) is 0 Å². The summed E-state index contributed by atoms with van der Waals surface area (Å²) in [7, 11) is 1.55. The van der Waals surface area contributed by atoms with Crippen molar-refractivity contribution in [2.45, 2.75) is 6.92 Å². The van der Waals surface area contributed by atoms with Crippen LogP contribution in [0.2, 0.25) is 0 Å². The molecule has 0 bridgehead atoms. The van der Waals surface area contributed by atoms with E-state index < -0.39 is 0 Å². The molecule has 134 valence electrons. The molecule has 5 nitrogen and oxygen atoms in total. The van der Waals surface area contributed by atoms with E-state index in [1.54, 1.807) is 19.2 Å². The first kappa shape index (κ1) is 16.8. The molecule has 0 atom stereocenters. The molecule has 2 aromatic heterocycles. The van der Waals surface area contributed by atoms with E-state index in [1.165, 1.54) is 0 Å². The molecule has 0 aliphatic carbocycles. The summed E-state index contributed by atoms with van der Waals surface area (Å²) < 4.78 is 7.29. The van der Waals surface area contributed by atoms with E-state index in [0.29, 0.717) is 17.0 Å². The van der Waals surface area contributed by atoms with Gasteiger partial charge in [0.25, 0.3) is 5.91 Å². The lowest BCUT2D eigenvalue weighted by Crippen LogP contribution is -2.13. The number of nitrogens with zero attached hydrogens (tertiary/aromatic N) is 2. The normalized spacial score (nSPS) is 10.7. The second-order valence-corrected chi connectivity index (χ2v) is 6.25. The molecule has 1 N–H and O–H groups in total. The molecule has 0 saturated carbocycles. The average Bonchev–Trinajstić information content (AvgIpc) is 3.14. The van der Waals surface area contributed by atoms with Crippen molar-refractivity contribution >= 4 is 17.2 Å². The van der Waals surface area contributed by atoms with Crippen LogP contribution in [0.3, 0.4) is 0 Å². The van der Waals surface area contributed by atoms with Gasteiger partial charge in [0.15, 0.2) is 0 Å². The van der Waals surface area contributed by atoms with E-state index >= 15 is 0 Å². The number of carbonyl (C=O) groups excluding carboxylic acids is 1. The number of fused-ring (bicyclic) bond motifs is 1. The Hall–Kier alpha value is -3.60. The van der Waals surface area contributed by atoms with Crippen molar-refractivity contribution in [2.75, 3.05) is 12.4 Å². The summed E-state index contributed by atoms with van der Waals surface area (Å²) in [6.45, 7) is 2.03. The fourth-order valence-corrected chi connectivity index (χ4v) is 3.12. The van der Waals surface area contributed by atoms with E-state index in [4.69, 9.17) is 9.72 Å². The summed E-state index contributed by atoms with van der Waals surface area (Å²) in [5.74, 6) is 0.315. The van der Waals surface area contributed by atoms with Gasteiger partial charge in [0, 0.05) is 18.0 Å². The highest BCUT2D eigenvalue weighted by molar-refractivity contribution is 6.07. The molecule has 0 aliphatic rings. The molecular weight excluding hydrogens is 338 g/mol. The van der Waals surface area contributed by atoms with E-state index in [2.05, 4.69) is 5.32 Å². The van der Waals surface area contributed by atoms with Crippen LogP contribution in [-0.4, -0.2) is 22.4 Å². The van der Waals surface area contributed by atoms with E-state index in [1.807, 2.05) is 72.2 Å². The Morgan fingerprint density at radius 1 is 1.04 bits per heavy atom. The molecule has 0 saturated heterocycles. The van der Waals surface area contributed by atoms with Crippen LogP contribution >= 0.6 is 0 Å². The zero-order valence-electron chi connectivity index (χ0n) is 15.1. The molecule has 27 heavy (non-hydrogen) atoms. The van der Waals surface area contributed by atoms with Crippen molar-refractivity contribution in [1.29, 1.82) is 0 Å². The van der Waals surface area contributed by atoms with Gasteiger partial charge in [-0.25, -0.2) is 4.98 Å². The molecule has 1 amide bonds. The highest BCUT2D eigenvalue weighted by Gasteiger charge is 2.15. The van der Waals surface area contributed by atoms with Gasteiger partial charge in [0.1, 0.15) is 11.4 Å². The van der Waals surface area contributed by atoms with Crippen LogP contribution in [0.25, 0.3) is 16.9 Å². The lowest BCUT2D eigenvalue weighted by atomic mass is 10.1. The van der Waals surface area contributed by atoms with Crippen LogP contribution in [0.1, 0.15) is 15.9 Å². The molecule has 4 aromatic rings. The summed E-state index contributed by atoms with van der Waals surface area (Å²) in [5.41, 5.74) is 4.86. The predicted molar refractivity (Wildman–Crippen MR) is 106 cm³/mol. The number of imidazole rings is 1. The Labute approximate surface area is 157 Å². The summed E-state index contributed by atoms with van der Waals surface area (Å²) in [6.07, 6.45) is 3.94. The number of amides is 1. The standard InChI is InChI=1S/C22H19N3O2/c1-15-8-7-13-25-14-19(23-21(15)25)16-9-3-5-11-18(16)24-22(26)17-10-4-6-12-20(17)27-2/h3-14H,1-2H3,(H,24,26). The van der Waals surface area contributed by atoms with Gasteiger partial charge in [-0.3, -0.25) is 4.79 Å². The molecule has 2 heterocycles. The second kappa shape index (κ2) is 6.96. The van der Waals surface area contributed by atoms with Crippen molar-refractivity contribution in [3.63, 3.8) is 0 Å². The zero-order chi connectivity index (χ0) is 18.8. The number of hydrogen-bond acceptors (Lipinski definition) is 3. The van der Waals surface area contributed by atoms with Gasteiger partial charge in [-0.05, 0) is 36.8 Å². The van der Waals surface area contributed by atoms with Crippen LogP contribution in [0.4, 0.5) is 5.69 Å². The Kier molecular flexibility index (Phi) is 4.34. The number of pyridine rings is 1. The molecule has 0 spiro atoms. The Bertz CT molecular complexity index is 1130. The number of hydrogen-bond donors (Lipinski definition) is 1. The summed E-state index contributed by atoms with van der Waals surface area (Å²) in [6, 6.07) is 18.8. The molecule has 0 aliphatic heterocycles. The topological polar surface area (TPSA) is 55.6 Å². The molecule has 0 radical (unpaired) electrons. The van der Waals surface area contributed by atoms with Crippen molar-refractivity contribution in [1.82, 2.24) is 9.38 Å². The van der Waals surface area contributed by atoms with Crippen LogP contribution in [0.5, 0.6) is 5.75 Å². The Morgan fingerprint density at radius 2 is 1.81 bits per heavy atom.